The molecule has 2 saturated heterocycles. The van der Waals surface area contributed by atoms with E-state index in [0.29, 0.717) is 53.8 Å². The lowest BCUT2D eigenvalue weighted by molar-refractivity contribution is 0.0528. The minimum atomic E-state index is -0.185. The van der Waals surface area contributed by atoms with Crippen molar-refractivity contribution in [2.24, 2.45) is 5.41 Å². The number of pyridine rings is 1. The monoisotopic (exact) mass is 527 g/mol. The molecule has 1 aromatic carbocycles. The van der Waals surface area contributed by atoms with Crippen LogP contribution in [0.3, 0.4) is 0 Å². The van der Waals surface area contributed by atoms with E-state index in [4.69, 9.17) is 19.6 Å². The summed E-state index contributed by atoms with van der Waals surface area (Å²) in [5.41, 5.74) is 3.02. The van der Waals surface area contributed by atoms with Gasteiger partial charge in [-0.05, 0) is 68.4 Å². The maximum atomic E-state index is 13.6. The van der Waals surface area contributed by atoms with Crippen molar-refractivity contribution in [3.8, 4) is 5.75 Å². The van der Waals surface area contributed by atoms with Crippen LogP contribution in [0.25, 0.3) is 0 Å². The average Bonchev–Trinajstić information content (AvgIpc) is 3.67. The van der Waals surface area contributed by atoms with Crippen LogP contribution in [0.15, 0.2) is 30.3 Å². The standard InChI is InChI=1S/C27H37N5O4S/c1-19-18-32(13-15-36-19)25-23(35-2)5-6-24(28-25)29-26(34)21-4-3-20(30-37-16-14-33)17-22(21)31-11-9-27(7-8-27)10-12-31/h3-6,17,19,30,33H,7-16,18H2,1-2H3,(H,28,29,34)/t19-/m1/s1. The number of anilines is 4. The molecule has 3 fully saturated rings. The summed E-state index contributed by atoms with van der Waals surface area (Å²) in [7, 11) is 1.63. The quantitative estimate of drug-likeness (QED) is 0.330. The first-order chi connectivity index (χ1) is 18.0. The van der Waals surface area contributed by atoms with Gasteiger partial charge in [-0.15, -0.1) is 0 Å². The van der Waals surface area contributed by atoms with Gasteiger partial charge in [-0.2, -0.15) is 0 Å². The normalized spacial score (nSPS) is 20.6. The highest BCUT2D eigenvalue weighted by Gasteiger charge is 2.44. The summed E-state index contributed by atoms with van der Waals surface area (Å²) in [6.07, 6.45) is 5.11. The number of rotatable bonds is 9. The molecule has 1 atom stereocenters. The van der Waals surface area contributed by atoms with E-state index in [1.165, 1.54) is 37.6 Å². The van der Waals surface area contributed by atoms with Crippen molar-refractivity contribution in [3.05, 3.63) is 35.9 Å². The van der Waals surface area contributed by atoms with Gasteiger partial charge in [0, 0.05) is 37.6 Å². The third-order valence-electron chi connectivity index (χ3n) is 7.59. The molecule has 2 aliphatic heterocycles. The van der Waals surface area contributed by atoms with Gasteiger partial charge in [0.25, 0.3) is 5.91 Å². The lowest BCUT2D eigenvalue weighted by Gasteiger charge is -2.35. The van der Waals surface area contributed by atoms with E-state index in [1.807, 2.05) is 31.2 Å². The summed E-state index contributed by atoms with van der Waals surface area (Å²) in [5, 5.41) is 12.1. The van der Waals surface area contributed by atoms with E-state index in [-0.39, 0.29) is 18.6 Å². The molecule has 1 aliphatic carbocycles. The third-order valence-corrected chi connectivity index (χ3v) is 8.36. The van der Waals surface area contributed by atoms with E-state index < -0.39 is 0 Å². The maximum absolute atomic E-state index is 13.6. The van der Waals surface area contributed by atoms with Crippen LogP contribution in [-0.2, 0) is 4.74 Å². The Balaban J connectivity index is 1.37. The Bertz CT molecular complexity index is 1100. The molecule has 5 rings (SSSR count). The van der Waals surface area contributed by atoms with Crippen molar-refractivity contribution in [1.82, 2.24) is 4.98 Å². The largest absolute Gasteiger partial charge is 0.493 e. The third kappa shape index (κ3) is 6.08. The number of nitrogens with zero attached hydrogens (tertiary/aromatic N) is 3. The highest BCUT2D eigenvalue weighted by molar-refractivity contribution is 8.00. The van der Waals surface area contributed by atoms with E-state index in [9.17, 15) is 4.79 Å². The number of aromatic nitrogens is 1. The van der Waals surface area contributed by atoms with Crippen LogP contribution in [0.4, 0.5) is 23.0 Å². The Morgan fingerprint density at radius 3 is 2.70 bits per heavy atom. The van der Waals surface area contributed by atoms with E-state index in [0.717, 1.165) is 24.5 Å². The predicted molar refractivity (Wildman–Crippen MR) is 149 cm³/mol. The van der Waals surface area contributed by atoms with E-state index in [1.54, 1.807) is 13.2 Å². The van der Waals surface area contributed by atoms with E-state index >= 15 is 0 Å². The van der Waals surface area contributed by atoms with Crippen molar-refractivity contribution in [3.63, 3.8) is 0 Å². The smallest absolute Gasteiger partial charge is 0.258 e. The molecule has 3 N–H and O–H groups in total. The van der Waals surface area contributed by atoms with E-state index in [2.05, 4.69) is 19.8 Å². The number of benzene rings is 1. The van der Waals surface area contributed by atoms with Crippen molar-refractivity contribution in [1.29, 1.82) is 0 Å². The summed E-state index contributed by atoms with van der Waals surface area (Å²) in [6, 6.07) is 9.47. The highest BCUT2D eigenvalue weighted by Crippen LogP contribution is 2.54. The highest BCUT2D eigenvalue weighted by atomic mass is 32.2. The molecule has 1 spiro atoms. The van der Waals surface area contributed by atoms with Crippen LogP contribution < -0.4 is 24.6 Å². The van der Waals surface area contributed by atoms with Gasteiger partial charge in [0.05, 0.1) is 37.7 Å². The number of morpholine rings is 1. The second-order valence-electron chi connectivity index (χ2n) is 10.2. The number of aliphatic hydroxyl groups excluding tert-OH is 1. The number of piperidine rings is 1. The van der Waals surface area contributed by atoms with Gasteiger partial charge in [-0.25, -0.2) is 4.98 Å². The van der Waals surface area contributed by atoms with Crippen LogP contribution in [-0.4, -0.2) is 74.4 Å². The average molecular weight is 528 g/mol. The fourth-order valence-electron chi connectivity index (χ4n) is 5.21. The van der Waals surface area contributed by atoms with Gasteiger partial charge in [-0.1, -0.05) is 11.9 Å². The summed E-state index contributed by atoms with van der Waals surface area (Å²) in [6.45, 7) is 6.11. The molecule has 9 nitrogen and oxygen atoms in total. The number of carbonyl (C=O) groups is 1. The van der Waals surface area contributed by atoms with Crippen molar-refractivity contribution >= 4 is 40.9 Å². The first-order valence-electron chi connectivity index (χ1n) is 13.1. The van der Waals surface area contributed by atoms with Crippen LogP contribution in [0, 0.1) is 5.41 Å². The molecule has 2 aromatic rings. The number of nitrogens with one attached hydrogen (secondary N) is 2. The molecular weight excluding hydrogens is 490 g/mol. The van der Waals surface area contributed by atoms with Crippen molar-refractivity contribution in [2.45, 2.75) is 38.7 Å². The fraction of sp³-hybridized carbons (Fsp3) is 0.556. The Morgan fingerprint density at radius 2 is 2.00 bits per heavy atom. The summed E-state index contributed by atoms with van der Waals surface area (Å²) in [5.74, 6) is 2.28. The summed E-state index contributed by atoms with van der Waals surface area (Å²) < 4.78 is 14.5. The number of carbonyl (C=O) groups excluding carboxylic acids is 1. The lowest BCUT2D eigenvalue weighted by atomic mass is 9.93. The van der Waals surface area contributed by atoms with Gasteiger partial charge in [0.2, 0.25) is 0 Å². The minimum absolute atomic E-state index is 0.100. The van der Waals surface area contributed by atoms with Crippen LogP contribution in [0.5, 0.6) is 5.75 Å². The van der Waals surface area contributed by atoms with Gasteiger partial charge in [0.1, 0.15) is 5.82 Å². The van der Waals surface area contributed by atoms with Gasteiger partial charge in [0.15, 0.2) is 11.6 Å². The zero-order chi connectivity index (χ0) is 25.8. The number of amides is 1. The first kappa shape index (κ1) is 25.9. The minimum Gasteiger partial charge on any atom is -0.493 e. The second-order valence-corrected chi connectivity index (χ2v) is 11.1. The number of methoxy groups -OCH3 is 1. The first-order valence-corrected chi connectivity index (χ1v) is 14.1. The zero-order valence-electron chi connectivity index (χ0n) is 21.7. The molecule has 0 unspecified atom stereocenters. The molecule has 1 saturated carbocycles. The Kier molecular flexibility index (Phi) is 7.97. The Morgan fingerprint density at radius 1 is 1.19 bits per heavy atom. The van der Waals surface area contributed by atoms with Gasteiger partial charge in [-0.3, -0.25) is 4.79 Å². The molecule has 0 bridgehead atoms. The predicted octanol–water partition coefficient (Wildman–Crippen LogP) is 4.00. The summed E-state index contributed by atoms with van der Waals surface area (Å²) >= 11 is 1.45. The molecule has 0 radical (unpaired) electrons. The fourth-order valence-corrected chi connectivity index (χ4v) is 5.70. The van der Waals surface area contributed by atoms with Crippen molar-refractivity contribution in [2.75, 3.05) is 72.1 Å². The lowest BCUT2D eigenvalue weighted by Crippen LogP contribution is -2.41. The number of ether oxygens (including phenoxy) is 2. The number of hydrogen-bond acceptors (Lipinski definition) is 9. The molecule has 3 aliphatic rings. The molecular formula is C27H37N5O4S. The molecule has 10 heteroatoms. The van der Waals surface area contributed by atoms with Crippen LogP contribution in [0.2, 0.25) is 0 Å². The summed E-state index contributed by atoms with van der Waals surface area (Å²) in [4.78, 5) is 22.8. The van der Waals surface area contributed by atoms with Gasteiger partial charge >= 0.3 is 0 Å². The SMILES string of the molecule is COc1ccc(NC(=O)c2ccc(NSCCO)cc2N2CCC3(CC2)CC3)nc1N1CCO[C@H](C)C1. The maximum Gasteiger partial charge on any atom is 0.258 e. The van der Waals surface area contributed by atoms with Gasteiger partial charge < -0.3 is 34.4 Å². The molecule has 1 aromatic heterocycles. The Hall–Kier alpha value is -2.69. The molecule has 1 amide bonds. The van der Waals surface area contributed by atoms with Crippen LogP contribution in [0.1, 0.15) is 43.0 Å². The number of hydrogen-bond donors (Lipinski definition) is 3. The number of aliphatic hydroxyl groups is 1. The van der Waals surface area contributed by atoms with Crippen LogP contribution >= 0.6 is 11.9 Å². The second kappa shape index (κ2) is 11.4. The molecule has 3 heterocycles. The molecule has 200 valence electrons. The zero-order valence-corrected chi connectivity index (χ0v) is 22.5. The van der Waals surface area contributed by atoms with Crippen molar-refractivity contribution < 1.29 is 19.4 Å². The Labute approximate surface area is 223 Å². The molecule has 37 heavy (non-hydrogen) atoms. The topological polar surface area (TPSA) is 99.2 Å².